The predicted octanol–water partition coefficient (Wildman–Crippen LogP) is 2.67. The van der Waals surface area contributed by atoms with Crippen LogP contribution >= 0.6 is 11.6 Å². The molecule has 172 valence electrons. The molecule has 1 saturated heterocycles. The van der Waals surface area contributed by atoms with Crippen LogP contribution < -0.4 is 4.74 Å². The van der Waals surface area contributed by atoms with Crippen LogP contribution in [0.1, 0.15) is 19.3 Å². The summed E-state index contributed by atoms with van der Waals surface area (Å²) in [5.74, 6) is -1.57. The number of halogens is 2. The molecule has 3 N–H and O–H groups in total. The van der Waals surface area contributed by atoms with E-state index in [1.165, 1.54) is 18.2 Å². The van der Waals surface area contributed by atoms with Crippen LogP contribution in [-0.4, -0.2) is 66.0 Å². The Hall–Kier alpha value is -1.71. The van der Waals surface area contributed by atoms with E-state index in [1.54, 1.807) is 12.2 Å². The maximum atomic E-state index is 13.7. The van der Waals surface area contributed by atoms with Crippen molar-refractivity contribution in [2.75, 3.05) is 26.4 Å². The summed E-state index contributed by atoms with van der Waals surface area (Å²) < 4.78 is 30.2. The van der Waals surface area contributed by atoms with Gasteiger partial charge in [0.05, 0.1) is 25.4 Å². The van der Waals surface area contributed by atoms with Crippen molar-refractivity contribution >= 4 is 17.6 Å². The van der Waals surface area contributed by atoms with Gasteiger partial charge in [0.2, 0.25) is 0 Å². The molecule has 1 saturated carbocycles. The number of benzene rings is 1. The van der Waals surface area contributed by atoms with Gasteiger partial charge in [0, 0.05) is 29.3 Å². The minimum Gasteiger partial charge on any atom is -0.487 e. The lowest BCUT2D eigenvalue weighted by atomic mass is 9.87. The minimum absolute atomic E-state index is 0.0331. The van der Waals surface area contributed by atoms with Gasteiger partial charge >= 0.3 is 5.97 Å². The Balaban J connectivity index is 1.51. The highest BCUT2D eigenvalue weighted by molar-refractivity contribution is 6.30. The molecule has 6 atom stereocenters. The molecule has 1 heterocycles. The smallest absolute Gasteiger partial charge is 0.329 e. The third-order valence-corrected chi connectivity index (χ3v) is 6.02. The zero-order chi connectivity index (χ0) is 22.4. The third kappa shape index (κ3) is 6.89. The third-order valence-electron chi connectivity index (χ3n) is 5.78. The molecule has 1 aliphatic heterocycles. The number of hydrogen-bond acceptors (Lipinski definition) is 6. The largest absolute Gasteiger partial charge is 0.487 e. The van der Waals surface area contributed by atoms with Gasteiger partial charge in [-0.1, -0.05) is 23.8 Å². The fraction of sp³-hybridized carbons (Fsp3) is 0.591. The number of aliphatic hydroxyl groups is 2. The molecule has 0 unspecified atom stereocenters. The predicted molar refractivity (Wildman–Crippen MR) is 111 cm³/mol. The van der Waals surface area contributed by atoms with Crippen molar-refractivity contribution in [2.45, 2.75) is 37.6 Å². The summed E-state index contributed by atoms with van der Waals surface area (Å²) in [5, 5.41) is 29.7. The lowest BCUT2D eigenvalue weighted by Gasteiger charge is -2.21. The van der Waals surface area contributed by atoms with E-state index in [4.69, 9.17) is 30.9 Å². The zero-order valence-electron chi connectivity index (χ0n) is 17.0. The molecule has 3 rings (SSSR count). The van der Waals surface area contributed by atoms with Crippen LogP contribution in [0.3, 0.4) is 0 Å². The summed E-state index contributed by atoms with van der Waals surface area (Å²) in [5.41, 5.74) is 0. The Labute approximate surface area is 185 Å². The highest BCUT2D eigenvalue weighted by atomic mass is 35.5. The first-order chi connectivity index (χ1) is 14.8. The maximum Gasteiger partial charge on any atom is 0.329 e. The van der Waals surface area contributed by atoms with Gasteiger partial charge in [-0.15, -0.1) is 0 Å². The monoisotopic (exact) mass is 458 g/mol. The van der Waals surface area contributed by atoms with E-state index in [0.29, 0.717) is 24.7 Å². The molecule has 2 fully saturated rings. The van der Waals surface area contributed by atoms with Crippen LogP contribution in [-0.2, 0) is 14.3 Å². The van der Waals surface area contributed by atoms with E-state index in [2.05, 4.69) is 0 Å². The van der Waals surface area contributed by atoms with Crippen LogP contribution in [0.25, 0.3) is 0 Å². The Morgan fingerprint density at radius 3 is 2.97 bits per heavy atom. The highest BCUT2D eigenvalue weighted by Crippen LogP contribution is 2.41. The minimum atomic E-state index is -1.000. The van der Waals surface area contributed by atoms with Crippen molar-refractivity contribution in [3.63, 3.8) is 0 Å². The number of fused-ring (bicyclic) bond motifs is 1. The number of carboxylic acids is 1. The van der Waals surface area contributed by atoms with E-state index in [0.717, 1.165) is 12.8 Å². The Bertz CT molecular complexity index is 774. The van der Waals surface area contributed by atoms with E-state index in [1.807, 2.05) is 0 Å². The van der Waals surface area contributed by atoms with Crippen LogP contribution in [0.4, 0.5) is 4.39 Å². The molecule has 0 spiro atoms. The Morgan fingerprint density at radius 1 is 1.39 bits per heavy atom. The van der Waals surface area contributed by atoms with Gasteiger partial charge in [0.1, 0.15) is 19.3 Å². The number of aliphatic carboxylic acids is 1. The number of ether oxygens (including phenoxy) is 3. The summed E-state index contributed by atoms with van der Waals surface area (Å²) in [6.45, 7) is 0.313. The molecule has 0 bridgehead atoms. The molecular formula is C22H28ClFO7. The quantitative estimate of drug-likeness (QED) is 0.488. The molecule has 31 heavy (non-hydrogen) atoms. The molecule has 0 aromatic heterocycles. The molecule has 7 nitrogen and oxygen atoms in total. The molecule has 1 aromatic rings. The van der Waals surface area contributed by atoms with E-state index in [-0.39, 0.29) is 42.8 Å². The van der Waals surface area contributed by atoms with Crippen molar-refractivity contribution < 1.29 is 38.7 Å². The first kappa shape index (κ1) is 23.9. The Morgan fingerprint density at radius 2 is 2.19 bits per heavy atom. The van der Waals surface area contributed by atoms with Gasteiger partial charge in [0.25, 0.3) is 0 Å². The molecule has 1 aromatic carbocycles. The van der Waals surface area contributed by atoms with Gasteiger partial charge in [-0.2, -0.15) is 0 Å². The van der Waals surface area contributed by atoms with Crippen molar-refractivity contribution in [1.82, 2.24) is 0 Å². The number of carboxylic acid groups (broad SMARTS) is 1. The standard InChI is InChI=1S/C22H28ClFO7/c23-14-2-6-18(24)21(7-14)31-11-15(25)3-5-16-17-4-1-13(9-29-12-22(27)28)10-30-20(17)8-19(16)26/h2-3,5-7,13,15-17,19-20,25-26H,1,4,8-12H2,(H,27,28)/b5-3+/t13-,15-,16-,17-,19-,20+/m1/s1. The molecule has 9 heteroatoms. The van der Waals surface area contributed by atoms with E-state index < -0.39 is 24.0 Å². The van der Waals surface area contributed by atoms with Gasteiger partial charge in [-0.05, 0) is 30.9 Å². The first-order valence-corrected chi connectivity index (χ1v) is 10.7. The van der Waals surface area contributed by atoms with Crippen LogP contribution in [0.5, 0.6) is 5.75 Å². The molecule has 1 aliphatic carbocycles. The van der Waals surface area contributed by atoms with E-state index >= 15 is 0 Å². The van der Waals surface area contributed by atoms with E-state index in [9.17, 15) is 19.4 Å². The summed E-state index contributed by atoms with van der Waals surface area (Å²) in [6.07, 6.45) is 3.79. The van der Waals surface area contributed by atoms with Gasteiger partial charge in [-0.25, -0.2) is 9.18 Å². The average molecular weight is 459 g/mol. The number of rotatable bonds is 9. The molecule has 0 radical (unpaired) electrons. The van der Waals surface area contributed by atoms with Crippen LogP contribution in [0.2, 0.25) is 5.02 Å². The highest BCUT2D eigenvalue weighted by Gasteiger charge is 2.43. The molecule has 0 amide bonds. The van der Waals surface area contributed by atoms with Gasteiger partial charge in [-0.3, -0.25) is 0 Å². The average Bonchev–Trinajstić information content (AvgIpc) is 2.88. The fourth-order valence-electron chi connectivity index (χ4n) is 4.23. The van der Waals surface area contributed by atoms with Crippen LogP contribution in [0, 0.1) is 23.6 Å². The second-order valence-electron chi connectivity index (χ2n) is 8.11. The zero-order valence-corrected chi connectivity index (χ0v) is 17.8. The first-order valence-electron chi connectivity index (χ1n) is 10.4. The topological polar surface area (TPSA) is 105 Å². The van der Waals surface area contributed by atoms with Crippen molar-refractivity contribution in [1.29, 1.82) is 0 Å². The van der Waals surface area contributed by atoms with Crippen LogP contribution in [0.15, 0.2) is 30.4 Å². The van der Waals surface area contributed by atoms with Gasteiger partial charge in [0.15, 0.2) is 11.6 Å². The Kier molecular flexibility index (Phi) is 8.68. The molecular weight excluding hydrogens is 431 g/mol. The SMILES string of the molecule is O=C(O)COC[C@H]1CC[C@@H]2[C@@H](/C=C/[C@@H](O)COc3cc(Cl)ccc3F)[C@H](O)C[C@@H]2OC1. The number of hydrogen-bond donors (Lipinski definition) is 3. The number of aliphatic hydroxyl groups excluding tert-OH is 2. The maximum absolute atomic E-state index is 13.7. The summed E-state index contributed by atoms with van der Waals surface area (Å²) in [4.78, 5) is 10.6. The lowest BCUT2D eigenvalue weighted by Crippen LogP contribution is -2.22. The van der Waals surface area contributed by atoms with Gasteiger partial charge < -0.3 is 29.5 Å². The van der Waals surface area contributed by atoms with Crippen molar-refractivity contribution in [3.8, 4) is 5.75 Å². The second kappa shape index (κ2) is 11.2. The normalized spacial score (nSPS) is 29.5. The number of carbonyl (C=O) groups is 1. The van der Waals surface area contributed by atoms with Crippen molar-refractivity contribution in [3.05, 3.63) is 41.2 Å². The molecule has 2 aliphatic rings. The van der Waals surface area contributed by atoms with Crippen molar-refractivity contribution in [2.24, 2.45) is 17.8 Å². The lowest BCUT2D eigenvalue weighted by molar-refractivity contribution is -0.143. The summed E-state index contributed by atoms with van der Waals surface area (Å²) >= 11 is 5.83. The summed E-state index contributed by atoms with van der Waals surface area (Å²) in [6, 6.07) is 3.95. The summed E-state index contributed by atoms with van der Waals surface area (Å²) in [7, 11) is 0. The fourth-order valence-corrected chi connectivity index (χ4v) is 4.40. The second-order valence-corrected chi connectivity index (χ2v) is 8.54.